The van der Waals surface area contributed by atoms with Gasteiger partial charge in [0.1, 0.15) is 11.9 Å². The van der Waals surface area contributed by atoms with E-state index in [-0.39, 0.29) is 17.8 Å². The third-order valence-electron chi connectivity index (χ3n) is 7.06. The molecule has 7 nitrogen and oxygen atoms in total. The van der Waals surface area contributed by atoms with Gasteiger partial charge in [0.15, 0.2) is 5.16 Å². The Morgan fingerprint density at radius 1 is 1.23 bits per heavy atom. The van der Waals surface area contributed by atoms with Crippen LogP contribution in [0.4, 0.5) is 5.82 Å². The summed E-state index contributed by atoms with van der Waals surface area (Å²) >= 11 is 1.45. The molecular formula is C27H31N5O2S. The molecule has 182 valence electrons. The molecule has 0 radical (unpaired) electrons. The fourth-order valence-electron chi connectivity index (χ4n) is 5.10. The summed E-state index contributed by atoms with van der Waals surface area (Å²) in [4.78, 5) is 18.0. The van der Waals surface area contributed by atoms with Crippen molar-refractivity contribution in [2.75, 3.05) is 17.7 Å². The molecule has 8 heteroatoms. The van der Waals surface area contributed by atoms with Crippen LogP contribution in [-0.4, -0.2) is 38.5 Å². The van der Waals surface area contributed by atoms with Gasteiger partial charge in [-0.1, -0.05) is 30.0 Å². The normalized spacial score (nSPS) is 17.2. The van der Waals surface area contributed by atoms with Crippen LogP contribution < -0.4 is 5.32 Å². The van der Waals surface area contributed by atoms with E-state index in [2.05, 4.69) is 28.1 Å². The van der Waals surface area contributed by atoms with Gasteiger partial charge in [0.2, 0.25) is 5.91 Å². The molecule has 1 aromatic carbocycles. The third kappa shape index (κ3) is 4.75. The average molecular weight is 490 g/mol. The van der Waals surface area contributed by atoms with Crippen LogP contribution >= 0.6 is 11.8 Å². The van der Waals surface area contributed by atoms with Crippen LogP contribution in [0.1, 0.15) is 53.9 Å². The molecule has 2 aliphatic rings. The maximum atomic E-state index is 13.1. The van der Waals surface area contributed by atoms with Crippen molar-refractivity contribution in [1.29, 1.82) is 5.26 Å². The number of rotatable bonds is 7. The zero-order chi connectivity index (χ0) is 24.4. The summed E-state index contributed by atoms with van der Waals surface area (Å²) in [5.41, 5.74) is 5.91. The molecule has 3 heterocycles. The number of anilines is 1. The zero-order valence-corrected chi connectivity index (χ0v) is 21.2. The predicted molar refractivity (Wildman–Crippen MR) is 137 cm³/mol. The Bertz CT molecular complexity index is 1270. The number of aromatic nitrogens is 3. The van der Waals surface area contributed by atoms with Crippen LogP contribution in [0, 0.1) is 25.2 Å². The van der Waals surface area contributed by atoms with E-state index in [4.69, 9.17) is 9.72 Å². The Morgan fingerprint density at radius 3 is 2.77 bits per heavy atom. The third-order valence-corrected chi connectivity index (χ3v) is 8.00. The van der Waals surface area contributed by atoms with E-state index in [1.54, 1.807) is 0 Å². The van der Waals surface area contributed by atoms with E-state index in [0.29, 0.717) is 17.9 Å². The number of carbonyl (C=O) groups is 1. The fourth-order valence-corrected chi connectivity index (χ4v) is 5.96. The number of nitrogens with zero attached hydrogens (tertiary/aromatic N) is 4. The molecule has 1 fully saturated rings. The molecule has 3 aromatic rings. The average Bonchev–Trinajstić information content (AvgIpc) is 3.58. The van der Waals surface area contributed by atoms with Gasteiger partial charge < -0.3 is 14.6 Å². The number of nitrogens with one attached hydrogen (secondary N) is 1. The van der Waals surface area contributed by atoms with Crippen molar-refractivity contribution in [3.8, 4) is 11.8 Å². The Kier molecular flexibility index (Phi) is 6.98. The second-order valence-electron chi connectivity index (χ2n) is 9.29. The van der Waals surface area contributed by atoms with Gasteiger partial charge in [-0.05, 0) is 70.1 Å². The lowest BCUT2D eigenvalue weighted by atomic mass is 10.0. The fraction of sp³-hybridized carbons (Fsp3) is 0.444. The Balaban J connectivity index is 1.36. The monoisotopic (exact) mass is 489 g/mol. The standard InChI is InChI=1S/C27H31N5O2S/c1-18-19(2)31(16-21-11-8-14-34-21)26(22(18)15-28)30-25(33)17-35-27-29-23-12-6-7-13-24(23)32(27)20-9-4-3-5-10-20/h3-5,9-10,21H,6-8,11-14,16-17H2,1-2H3,(H,30,33). The summed E-state index contributed by atoms with van der Waals surface area (Å²) in [6.45, 7) is 5.34. The second kappa shape index (κ2) is 10.3. The first kappa shape index (κ1) is 23.7. The minimum absolute atomic E-state index is 0.113. The van der Waals surface area contributed by atoms with Crippen LogP contribution in [0.25, 0.3) is 5.69 Å². The summed E-state index contributed by atoms with van der Waals surface area (Å²) in [6, 6.07) is 12.5. The number of imidazole rings is 1. The number of thioether (sulfide) groups is 1. The molecule has 1 atom stereocenters. The van der Waals surface area contributed by atoms with Gasteiger partial charge in [0.25, 0.3) is 0 Å². The lowest BCUT2D eigenvalue weighted by molar-refractivity contribution is -0.113. The SMILES string of the molecule is Cc1c(C#N)c(NC(=O)CSc2nc3c(n2-c2ccccc2)CCCC3)n(CC2CCCO2)c1C. The van der Waals surface area contributed by atoms with Gasteiger partial charge >= 0.3 is 0 Å². The number of hydrogen-bond acceptors (Lipinski definition) is 5. The number of ether oxygens (including phenoxy) is 1. The summed E-state index contributed by atoms with van der Waals surface area (Å²) in [6.07, 6.45) is 6.45. The second-order valence-corrected chi connectivity index (χ2v) is 10.2. The number of para-hydroxylation sites is 1. The summed E-state index contributed by atoms with van der Waals surface area (Å²) in [7, 11) is 0. The van der Waals surface area contributed by atoms with Crippen LogP contribution in [-0.2, 0) is 28.9 Å². The Hall–Kier alpha value is -3.02. The highest BCUT2D eigenvalue weighted by atomic mass is 32.2. The van der Waals surface area contributed by atoms with Crippen LogP contribution in [0.5, 0.6) is 0 Å². The molecule has 1 N–H and O–H groups in total. The van der Waals surface area contributed by atoms with Crippen LogP contribution in [0.15, 0.2) is 35.5 Å². The first-order valence-corrected chi connectivity index (χ1v) is 13.3. The molecule has 1 aliphatic heterocycles. The zero-order valence-electron chi connectivity index (χ0n) is 20.3. The molecule has 1 saturated heterocycles. The van der Waals surface area contributed by atoms with Crippen molar-refractivity contribution in [2.24, 2.45) is 0 Å². The molecule has 0 spiro atoms. The van der Waals surface area contributed by atoms with Gasteiger partial charge in [-0.25, -0.2) is 4.98 Å². The van der Waals surface area contributed by atoms with E-state index in [9.17, 15) is 10.1 Å². The highest BCUT2D eigenvalue weighted by Crippen LogP contribution is 2.32. The van der Waals surface area contributed by atoms with Crippen LogP contribution in [0.3, 0.4) is 0 Å². The lowest BCUT2D eigenvalue weighted by Crippen LogP contribution is -2.22. The smallest absolute Gasteiger partial charge is 0.235 e. The lowest BCUT2D eigenvalue weighted by Gasteiger charge is -2.17. The highest BCUT2D eigenvalue weighted by molar-refractivity contribution is 7.99. The molecular weight excluding hydrogens is 458 g/mol. The molecule has 1 amide bonds. The number of benzene rings is 1. The van der Waals surface area contributed by atoms with Crippen molar-refractivity contribution in [2.45, 2.75) is 70.2 Å². The van der Waals surface area contributed by atoms with E-state index in [1.807, 2.05) is 36.6 Å². The summed E-state index contributed by atoms with van der Waals surface area (Å²) in [5.74, 6) is 0.657. The van der Waals surface area contributed by atoms with Gasteiger partial charge in [-0.3, -0.25) is 9.36 Å². The number of nitriles is 1. The molecule has 0 saturated carbocycles. The van der Waals surface area contributed by atoms with Gasteiger partial charge in [0.05, 0.1) is 29.7 Å². The molecule has 1 aliphatic carbocycles. The first-order valence-electron chi connectivity index (χ1n) is 12.4. The van der Waals surface area contributed by atoms with Crippen molar-refractivity contribution < 1.29 is 9.53 Å². The molecule has 5 rings (SSSR count). The largest absolute Gasteiger partial charge is 0.376 e. The molecule has 0 bridgehead atoms. The van der Waals surface area contributed by atoms with Gasteiger partial charge in [-0.15, -0.1) is 0 Å². The summed E-state index contributed by atoms with van der Waals surface area (Å²) in [5, 5.41) is 13.7. The van der Waals surface area contributed by atoms with Crippen molar-refractivity contribution in [3.05, 3.63) is 58.5 Å². The number of carbonyl (C=O) groups excluding carboxylic acids is 1. The minimum atomic E-state index is -0.141. The highest BCUT2D eigenvalue weighted by Gasteiger charge is 2.25. The quantitative estimate of drug-likeness (QED) is 0.475. The van der Waals surface area contributed by atoms with Crippen molar-refractivity contribution in [3.63, 3.8) is 0 Å². The number of fused-ring (bicyclic) bond motifs is 1. The molecule has 35 heavy (non-hydrogen) atoms. The Labute approximate surface area is 210 Å². The maximum absolute atomic E-state index is 13.1. The number of amides is 1. The molecule has 1 unspecified atom stereocenters. The number of hydrogen-bond donors (Lipinski definition) is 1. The van der Waals surface area contributed by atoms with E-state index < -0.39 is 0 Å². The van der Waals surface area contributed by atoms with E-state index >= 15 is 0 Å². The van der Waals surface area contributed by atoms with Gasteiger partial charge in [-0.2, -0.15) is 5.26 Å². The number of aryl methyl sites for hydroxylation is 1. The molecule has 2 aromatic heterocycles. The maximum Gasteiger partial charge on any atom is 0.235 e. The van der Waals surface area contributed by atoms with Gasteiger partial charge in [0, 0.05) is 23.7 Å². The topological polar surface area (TPSA) is 84.9 Å². The van der Waals surface area contributed by atoms with Crippen LogP contribution in [0.2, 0.25) is 0 Å². The van der Waals surface area contributed by atoms with E-state index in [0.717, 1.165) is 72.9 Å². The first-order chi connectivity index (χ1) is 17.1. The summed E-state index contributed by atoms with van der Waals surface area (Å²) < 4.78 is 10.1. The van der Waals surface area contributed by atoms with E-state index in [1.165, 1.54) is 17.5 Å². The minimum Gasteiger partial charge on any atom is -0.376 e. The predicted octanol–water partition coefficient (Wildman–Crippen LogP) is 4.95. The Morgan fingerprint density at radius 2 is 2.03 bits per heavy atom. The van der Waals surface area contributed by atoms with Crippen molar-refractivity contribution >= 4 is 23.5 Å². The van der Waals surface area contributed by atoms with Crippen molar-refractivity contribution in [1.82, 2.24) is 14.1 Å².